The van der Waals surface area contributed by atoms with Crippen molar-refractivity contribution in [2.45, 2.75) is 317 Å². The Morgan fingerprint density at radius 2 is 0.566 bits per heavy atom. The number of thiophene rings is 2. The Morgan fingerprint density at radius 1 is 0.289 bits per heavy atom. The van der Waals surface area contributed by atoms with Crippen LogP contribution in [-0.4, -0.2) is 4.57 Å². The van der Waals surface area contributed by atoms with Crippen LogP contribution in [-0.2, 0) is 25.7 Å². The number of rotatable bonds is 43. The summed E-state index contributed by atoms with van der Waals surface area (Å²) < 4.78 is 6.10. The summed E-state index contributed by atoms with van der Waals surface area (Å²) in [7, 11) is 0. The first-order chi connectivity index (χ1) is 37.6. The van der Waals surface area contributed by atoms with Gasteiger partial charge in [-0.3, -0.25) is 0 Å². The molecule has 7 aromatic rings. The van der Waals surface area contributed by atoms with E-state index in [-0.39, 0.29) is 0 Å². The Bertz CT molecular complexity index is 2540. The topological polar surface area (TPSA) is 4.93 Å². The van der Waals surface area contributed by atoms with E-state index in [0.29, 0.717) is 6.04 Å². The van der Waals surface area contributed by atoms with Gasteiger partial charge in [0.25, 0.3) is 0 Å². The molecule has 420 valence electrons. The van der Waals surface area contributed by atoms with Crippen molar-refractivity contribution < 1.29 is 0 Å². The highest BCUT2D eigenvalue weighted by atomic mass is 32.1. The number of nitrogens with zero attached hydrogens (tertiary/aromatic N) is 1. The van der Waals surface area contributed by atoms with Gasteiger partial charge in [-0.2, -0.15) is 0 Å². The summed E-state index contributed by atoms with van der Waals surface area (Å²) in [4.78, 5) is 0. The molecule has 0 unspecified atom stereocenters. The zero-order chi connectivity index (χ0) is 53.2. The molecule has 0 aliphatic rings. The average Bonchev–Trinajstić information content (AvgIpc) is 4.23. The Balaban J connectivity index is 1.46. The third-order valence-corrected chi connectivity index (χ3v) is 20.1. The number of aryl methyl sites for hydroxylation is 4. The maximum Gasteiger partial charge on any atom is 0.0500 e. The lowest BCUT2D eigenvalue weighted by Crippen LogP contribution is -2.10. The van der Waals surface area contributed by atoms with Crippen molar-refractivity contribution in [2.75, 3.05) is 0 Å². The van der Waals surface area contributed by atoms with Crippen molar-refractivity contribution in [3.05, 3.63) is 69.4 Å². The third kappa shape index (κ3) is 16.6. The van der Waals surface area contributed by atoms with Gasteiger partial charge in [-0.05, 0) is 155 Å². The molecule has 0 fully saturated rings. The van der Waals surface area contributed by atoms with Crippen LogP contribution in [0.4, 0.5) is 0 Å². The molecule has 3 heterocycles. The van der Waals surface area contributed by atoms with Crippen LogP contribution in [0, 0.1) is 0 Å². The van der Waals surface area contributed by atoms with Crippen LogP contribution in [0.1, 0.15) is 314 Å². The van der Waals surface area contributed by atoms with Crippen molar-refractivity contribution in [1.29, 1.82) is 0 Å². The Labute approximate surface area is 474 Å². The lowest BCUT2D eigenvalue weighted by Gasteiger charge is -2.23. The number of aromatic nitrogens is 1. The Kier molecular flexibility index (Phi) is 27.4. The van der Waals surface area contributed by atoms with E-state index in [9.17, 15) is 0 Å². The predicted molar refractivity (Wildman–Crippen MR) is 349 cm³/mol. The zero-order valence-electron chi connectivity index (χ0n) is 50.2. The molecular formula is C73H111NS2. The van der Waals surface area contributed by atoms with E-state index in [2.05, 4.69) is 93.3 Å². The molecule has 7 rings (SSSR count). The molecule has 0 atom stereocenters. The molecule has 4 aromatic carbocycles. The highest BCUT2D eigenvalue weighted by molar-refractivity contribution is 7.18. The van der Waals surface area contributed by atoms with E-state index >= 15 is 0 Å². The molecule has 0 saturated carbocycles. The van der Waals surface area contributed by atoms with Crippen molar-refractivity contribution in [2.24, 2.45) is 0 Å². The van der Waals surface area contributed by atoms with Crippen molar-refractivity contribution in [3.8, 4) is 0 Å². The van der Waals surface area contributed by atoms with Crippen molar-refractivity contribution >= 4 is 86.2 Å². The van der Waals surface area contributed by atoms with Gasteiger partial charge >= 0.3 is 0 Å². The minimum Gasteiger partial charge on any atom is -0.337 e. The van der Waals surface area contributed by atoms with Crippen LogP contribution in [0.2, 0.25) is 0 Å². The summed E-state index contributed by atoms with van der Waals surface area (Å²) in [5, 5.41) is 17.4. The van der Waals surface area contributed by atoms with Crippen LogP contribution in [0.15, 0.2) is 47.2 Å². The first-order valence-corrected chi connectivity index (χ1v) is 35.1. The van der Waals surface area contributed by atoms with Gasteiger partial charge in [0.1, 0.15) is 0 Å². The standard InChI is InChI=1S/C73H111NS2/c1-7-13-19-25-31-37-43-57(44-38-32-26-20-14-8-2)74-70-55-68-64(60(47-41-35-29-23-17-11-5)58(62-49-51-75-72(62)68)45-39-33-27-21-15-9-3)53-66(70)67-54-65-61(48-42-36-30-24-18-12-6)59(46-40-34-28-22-16-10-4)63-50-52-76-73(63)69(65)56-71(67)74/h49-57H,7-48H2,1-6H3. The van der Waals surface area contributed by atoms with E-state index in [4.69, 9.17) is 0 Å². The second kappa shape index (κ2) is 34.3. The lowest BCUT2D eigenvalue weighted by atomic mass is 9.87. The maximum atomic E-state index is 3.00. The SMILES string of the molecule is CCCCCCCCc1c(CCCCCCCC)c2ccsc2c2cc3c(cc12)c1cc2c(CCCCCCCC)c(CCCCCCCC)c4ccsc4c2cc1n3C(CCCCCCCC)CCCCCCCC. The minimum absolute atomic E-state index is 0.508. The third-order valence-electron chi connectivity index (χ3n) is 18.2. The monoisotopic (exact) mass is 1070 g/mol. The molecule has 3 heteroatoms. The number of hydrogen-bond donors (Lipinski definition) is 0. The fraction of sp³-hybridized carbons (Fsp3) is 0.671. The predicted octanol–water partition coefficient (Wildman–Crippen LogP) is 26.2. The van der Waals surface area contributed by atoms with Gasteiger partial charge in [-0.15, -0.1) is 22.7 Å². The van der Waals surface area contributed by atoms with E-state index in [1.54, 1.807) is 74.7 Å². The van der Waals surface area contributed by atoms with Crippen molar-refractivity contribution in [1.82, 2.24) is 4.57 Å². The molecule has 0 bridgehead atoms. The molecule has 0 spiro atoms. The highest BCUT2D eigenvalue weighted by Gasteiger charge is 2.25. The van der Waals surface area contributed by atoms with Crippen LogP contribution < -0.4 is 0 Å². The number of fused-ring (bicyclic) bond motifs is 9. The summed E-state index contributed by atoms with van der Waals surface area (Å²) in [6.45, 7) is 14.1. The summed E-state index contributed by atoms with van der Waals surface area (Å²) in [5.74, 6) is 0. The quantitative estimate of drug-likeness (QED) is 0.0336. The molecule has 0 N–H and O–H groups in total. The second-order valence-corrected chi connectivity index (χ2v) is 26.1. The first kappa shape index (κ1) is 60.8. The molecule has 0 saturated heterocycles. The average molecular weight is 1070 g/mol. The zero-order valence-corrected chi connectivity index (χ0v) is 51.8. The number of unbranched alkanes of at least 4 members (excludes halogenated alkanes) is 30. The molecule has 0 aliphatic carbocycles. The molecule has 3 aromatic heterocycles. The van der Waals surface area contributed by atoms with E-state index in [1.807, 2.05) is 22.7 Å². The molecule has 0 radical (unpaired) electrons. The number of benzene rings is 4. The summed E-state index contributed by atoms with van der Waals surface area (Å²) in [6, 6.07) is 16.8. The summed E-state index contributed by atoms with van der Waals surface area (Å²) in [6.07, 6.45) is 56.4. The van der Waals surface area contributed by atoms with Gasteiger partial charge in [0.15, 0.2) is 0 Å². The van der Waals surface area contributed by atoms with Crippen molar-refractivity contribution in [3.63, 3.8) is 0 Å². The lowest BCUT2D eigenvalue weighted by molar-refractivity contribution is 0.410. The van der Waals surface area contributed by atoms with Gasteiger partial charge in [0, 0.05) is 37.0 Å². The smallest absolute Gasteiger partial charge is 0.0500 e. The fourth-order valence-corrected chi connectivity index (χ4v) is 15.7. The van der Waals surface area contributed by atoms with E-state index < -0.39 is 0 Å². The van der Waals surface area contributed by atoms with Crippen LogP contribution in [0.25, 0.3) is 63.5 Å². The largest absolute Gasteiger partial charge is 0.337 e. The first-order valence-electron chi connectivity index (χ1n) is 33.4. The van der Waals surface area contributed by atoms with Crippen LogP contribution in [0.3, 0.4) is 0 Å². The molecule has 0 amide bonds. The summed E-state index contributed by atoms with van der Waals surface area (Å²) >= 11 is 4.06. The molecule has 0 aliphatic heterocycles. The molecule has 1 nitrogen and oxygen atoms in total. The highest BCUT2D eigenvalue weighted by Crippen LogP contribution is 2.47. The van der Waals surface area contributed by atoms with Gasteiger partial charge in [0.05, 0.1) is 11.0 Å². The Hall–Kier alpha value is -2.88. The normalized spacial score (nSPS) is 12.3. The van der Waals surface area contributed by atoms with Crippen LogP contribution in [0.5, 0.6) is 0 Å². The Morgan fingerprint density at radius 3 is 0.882 bits per heavy atom. The number of hydrogen-bond acceptors (Lipinski definition) is 2. The van der Waals surface area contributed by atoms with Crippen LogP contribution >= 0.6 is 22.7 Å². The van der Waals surface area contributed by atoms with E-state index in [0.717, 1.165) is 0 Å². The van der Waals surface area contributed by atoms with Gasteiger partial charge in [-0.25, -0.2) is 0 Å². The second-order valence-electron chi connectivity index (χ2n) is 24.3. The fourth-order valence-electron chi connectivity index (χ4n) is 13.8. The van der Waals surface area contributed by atoms with Gasteiger partial charge in [0.2, 0.25) is 0 Å². The molecular weight excluding hydrogens is 955 g/mol. The maximum absolute atomic E-state index is 3.00. The molecule has 76 heavy (non-hydrogen) atoms. The van der Waals surface area contributed by atoms with Gasteiger partial charge < -0.3 is 4.57 Å². The minimum atomic E-state index is 0.508. The van der Waals surface area contributed by atoms with E-state index in [1.165, 1.54) is 281 Å². The van der Waals surface area contributed by atoms with Gasteiger partial charge in [-0.1, -0.05) is 247 Å². The summed E-state index contributed by atoms with van der Waals surface area (Å²) in [5.41, 5.74) is 9.85.